The van der Waals surface area contributed by atoms with Gasteiger partial charge in [0.1, 0.15) is 28.0 Å². The molecular formula is C29H26ClF2N3O4S. The zero-order chi connectivity index (χ0) is 27.8. The van der Waals surface area contributed by atoms with Gasteiger partial charge in [0.25, 0.3) is 0 Å². The van der Waals surface area contributed by atoms with Gasteiger partial charge in [-0.2, -0.15) is 0 Å². The number of benzene rings is 2. The van der Waals surface area contributed by atoms with Crippen molar-refractivity contribution in [1.82, 2.24) is 14.5 Å². The first kappa shape index (κ1) is 26.9. The highest BCUT2D eigenvalue weighted by molar-refractivity contribution is 7.20. The highest BCUT2D eigenvalue weighted by atomic mass is 35.5. The summed E-state index contributed by atoms with van der Waals surface area (Å²) in [4.78, 5) is 19.5. The molecule has 1 saturated heterocycles. The molecule has 2 aromatic heterocycles. The van der Waals surface area contributed by atoms with E-state index in [9.17, 15) is 18.7 Å². The second kappa shape index (κ2) is 11.3. The number of rotatable bonds is 9. The number of nitrogens with zero attached hydrogens (tertiary/aromatic N) is 3. The van der Waals surface area contributed by atoms with Crippen molar-refractivity contribution in [3.8, 4) is 5.75 Å². The zero-order valence-corrected chi connectivity index (χ0v) is 23.0. The zero-order valence-electron chi connectivity index (χ0n) is 21.4. The summed E-state index contributed by atoms with van der Waals surface area (Å²) in [6.07, 6.45) is 3.96. The fourth-order valence-corrected chi connectivity index (χ4v) is 6.00. The van der Waals surface area contributed by atoms with Crippen molar-refractivity contribution < 1.29 is 28.2 Å². The summed E-state index contributed by atoms with van der Waals surface area (Å²) in [5.41, 5.74) is 3.07. The van der Waals surface area contributed by atoms with Gasteiger partial charge in [-0.25, -0.2) is 18.6 Å². The molecule has 0 bridgehead atoms. The molecule has 0 spiro atoms. The van der Waals surface area contributed by atoms with E-state index in [-0.39, 0.29) is 28.4 Å². The van der Waals surface area contributed by atoms with Crippen LogP contribution in [0, 0.1) is 11.6 Å². The summed E-state index contributed by atoms with van der Waals surface area (Å²) >= 11 is 6.99. The topological polar surface area (TPSA) is 76.8 Å². The van der Waals surface area contributed by atoms with Crippen LogP contribution in [0.1, 0.15) is 39.5 Å². The molecule has 1 N–H and O–H groups in total. The molecule has 1 fully saturated rings. The van der Waals surface area contributed by atoms with Gasteiger partial charge in [0, 0.05) is 30.3 Å². The molecule has 2 aliphatic heterocycles. The number of aromatic carboxylic acids is 1. The minimum absolute atomic E-state index is 0.0659. The third kappa shape index (κ3) is 5.62. The van der Waals surface area contributed by atoms with Gasteiger partial charge >= 0.3 is 5.97 Å². The van der Waals surface area contributed by atoms with Crippen molar-refractivity contribution >= 4 is 44.8 Å². The number of carboxylic acids is 1. The molecule has 0 aliphatic carbocycles. The summed E-state index contributed by atoms with van der Waals surface area (Å²) in [5.74, 6) is -1.00. The number of thiophene rings is 1. The lowest BCUT2D eigenvalue weighted by molar-refractivity contribution is -0.0591. The van der Waals surface area contributed by atoms with Crippen molar-refractivity contribution in [2.24, 2.45) is 0 Å². The number of hydrogen-bond donors (Lipinski definition) is 1. The average Bonchev–Trinajstić information content (AvgIpc) is 3.45. The number of hydrogen-bond acceptors (Lipinski definition) is 6. The average molecular weight is 586 g/mol. The SMILES string of the molecule is O=C(O)c1cc2c(nc(CN3CC=C(c4ccc(F)c(OCc5ccc(Cl)cc5F)c4)CC3)n2CC2CCO2)s1. The first-order chi connectivity index (χ1) is 19.3. The highest BCUT2D eigenvalue weighted by Gasteiger charge is 2.25. The fourth-order valence-electron chi connectivity index (χ4n) is 4.95. The molecule has 1 atom stereocenters. The lowest BCUT2D eigenvalue weighted by atomic mass is 9.99. The minimum Gasteiger partial charge on any atom is -0.486 e. The number of carbonyl (C=O) groups is 1. The van der Waals surface area contributed by atoms with E-state index in [2.05, 4.69) is 15.5 Å². The summed E-state index contributed by atoms with van der Waals surface area (Å²) in [6.45, 7) is 3.35. The Morgan fingerprint density at radius 3 is 2.75 bits per heavy atom. The summed E-state index contributed by atoms with van der Waals surface area (Å²) < 4.78 is 41.9. The Balaban J connectivity index is 1.15. The van der Waals surface area contributed by atoms with Crippen molar-refractivity contribution in [3.05, 3.63) is 87.0 Å². The van der Waals surface area contributed by atoms with Crippen LogP contribution < -0.4 is 4.74 Å². The molecule has 0 amide bonds. The lowest BCUT2D eigenvalue weighted by Gasteiger charge is -2.29. The maximum Gasteiger partial charge on any atom is 0.346 e. The molecule has 7 nitrogen and oxygen atoms in total. The Kier molecular flexibility index (Phi) is 7.59. The third-order valence-corrected chi connectivity index (χ3v) is 8.52. The van der Waals surface area contributed by atoms with Gasteiger partial charge in [0.05, 0.1) is 24.7 Å². The number of fused-ring (bicyclic) bond motifs is 1. The van der Waals surface area contributed by atoms with Crippen molar-refractivity contribution in [2.45, 2.75) is 38.6 Å². The maximum absolute atomic E-state index is 14.5. The second-order valence-electron chi connectivity index (χ2n) is 9.91. The lowest BCUT2D eigenvalue weighted by Crippen LogP contribution is -2.33. The van der Waals surface area contributed by atoms with Gasteiger partial charge < -0.3 is 19.1 Å². The van der Waals surface area contributed by atoms with E-state index in [1.54, 1.807) is 24.3 Å². The third-order valence-electron chi connectivity index (χ3n) is 7.28. The van der Waals surface area contributed by atoms with Gasteiger partial charge in [-0.15, -0.1) is 11.3 Å². The molecular weight excluding hydrogens is 560 g/mol. The Hall–Kier alpha value is -3.31. The van der Waals surface area contributed by atoms with E-state index >= 15 is 0 Å². The Morgan fingerprint density at radius 2 is 2.05 bits per heavy atom. The minimum atomic E-state index is -0.948. The Labute approximate surface area is 238 Å². The Morgan fingerprint density at radius 1 is 1.20 bits per heavy atom. The molecule has 40 heavy (non-hydrogen) atoms. The Bertz CT molecular complexity index is 1610. The molecule has 6 rings (SSSR count). The van der Waals surface area contributed by atoms with E-state index in [0.29, 0.717) is 25.2 Å². The normalized spacial score (nSPS) is 17.6. The molecule has 2 aromatic carbocycles. The number of ether oxygens (including phenoxy) is 2. The van der Waals surface area contributed by atoms with Crippen molar-refractivity contribution in [2.75, 3.05) is 19.7 Å². The van der Waals surface area contributed by atoms with E-state index in [4.69, 9.17) is 26.1 Å². The standard InChI is InChI=1S/C29H26ClF2N3O4S/c30-20-3-1-19(23(32)12-20)16-39-25-11-18(2-4-22(25)31)17-5-8-34(9-6-17)15-27-33-28-24(13-26(40-28)29(36)37)35(27)14-21-7-10-38-21/h1-5,11-13,21H,6-10,14-16H2,(H,36,37). The van der Waals surface area contributed by atoms with Gasteiger partial charge in [-0.1, -0.05) is 29.8 Å². The second-order valence-corrected chi connectivity index (χ2v) is 11.4. The van der Waals surface area contributed by atoms with E-state index < -0.39 is 17.6 Å². The highest BCUT2D eigenvalue weighted by Crippen LogP contribution is 2.31. The van der Waals surface area contributed by atoms with Gasteiger partial charge in [-0.05, 0) is 54.3 Å². The molecule has 4 heterocycles. The van der Waals surface area contributed by atoms with Crippen LogP contribution in [0.25, 0.3) is 15.9 Å². The predicted molar refractivity (Wildman–Crippen MR) is 149 cm³/mol. The number of halogens is 3. The molecule has 0 radical (unpaired) electrons. The quantitative estimate of drug-likeness (QED) is 0.245. The summed E-state index contributed by atoms with van der Waals surface area (Å²) in [6, 6.07) is 10.7. The van der Waals surface area contributed by atoms with E-state index in [1.165, 1.54) is 29.5 Å². The molecule has 11 heteroatoms. The molecule has 2 aliphatic rings. The van der Waals surface area contributed by atoms with Crippen LogP contribution in [0.5, 0.6) is 5.75 Å². The van der Waals surface area contributed by atoms with Crippen molar-refractivity contribution in [1.29, 1.82) is 0 Å². The van der Waals surface area contributed by atoms with Gasteiger partial charge in [0.2, 0.25) is 0 Å². The molecule has 4 aromatic rings. The molecule has 0 saturated carbocycles. The monoisotopic (exact) mass is 585 g/mol. The number of imidazole rings is 1. The predicted octanol–water partition coefficient (Wildman–Crippen LogP) is 6.38. The maximum atomic E-state index is 14.5. The van der Waals surface area contributed by atoms with Crippen molar-refractivity contribution in [3.63, 3.8) is 0 Å². The summed E-state index contributed by atoms with van der Waals surface area (Å²) in [7, 11) is 0. The number of aromatic nitrogens is 2. The molecule has 1 unspecified atom stereocenters. The van der Waals surface area contributed by atoms with E-state index in [0.717, 1.165) is 53.3 Å². The first-order valence-corrected chi connectivity index (χ1v) is 14.2. The first-order valence-electron chi connectivity index (χ1n) is 13.0. The fraction of sp³-hybridized carbons (Fsp3) is 0.310. The largest absolute Gasteiger partial charge is 0.486 e. The number of carboxylic acid groups (broad SMARTS) is 1. The van der Waals surface area contributed by atoms with Crippen LogP contribution in [0.15, 0.2) is 48.5 Å². The van der Waals surface area contributed by atoms with Crippen LogP contribution >= 0.6 is 22.9 Å². The van der Waals surface area contributed by atoms with Gasteiger partial charge in [0.15, 0.2) is 11.6 Å². The smallest absolute Gasteiger partial charge is 0.346 e. The van der Waals surface area contributed by atoms with E-state index in [1.807, 2.05) is 0 Å². The van der Waals surface area contributed by atoms with Crippen LogP contribution in [0.2, 0.25) is 5.02 Å². The summed E-state index contributed by atoms with van der Waals surface area (Å²) in [5, 5.41) is 9.69. The molecule has 208 valence electrons. The van der Waals surface area contributed by atoms with Crippen LogP contribution in [-0.4, -0.2) is 51.3 Å². The van der Waals surface area contributed by atoms with Crippen LogP contribution in [0.4, 0.5) is 8.78 Å². The van der Waals surface area contributed by atoms with Crippen LogP contribution in [0.3, 0.4) is 0 Å². The van der Waals surface area contributed by atoms with Crippen LogP contribution in [-0.2, 0) is 24.4 Å². The van der Waals surface area contributed by atoms with Gasteiger partial charge in [-0.3, -0.25) is 4.90 Å².